The molecule has 1 saturated heterocycles. The van der Waals surface area contributed by atoms with E-state index in [0.29, 0.717) is 37.2 Å². The average Bonchev–Trinajstić information content (AvgIpc) is 2.89. The molecular weight excluding hydrogens is 474 g/mol. The van der Waals surface area contributed by atoms with Crippen LogP contribution in [0, 0.1) is 11.8 Å². The standard InChI is InChI=1S/C32H47N3O3/c1-25(2)12-15-35-16-17-37-18-19-38-31-10-9-29(22-30(31)21-27-6-4-7-28(20-27)24-35)32(36)33-13-11-26-8-5-14-34(3)23-26/h4,6-7,9-10,20,22,25-26H,5,8,11-19,21,23-24H2,1-3H3,(H,33,36). The highest BCUT2D eigenvalue weighted by molar-refractivity contribution is 5.94. The highest BCUT2D eigenvalue weighted by atomic mass is 16.5. The van der Waals surface area contributed by atoms with Crippen LogP contribution < -0.4 is 10.1 Å². The first-order chi connectivity index (χ1) is 18.5. The van der Waals surface area contributed by atoms with Gasteiger partial charge in [-0.1, -0.05) is 38.1 Å². The Labute approximate surface area is 229 Å². The van der Waals surface area contributed by atoms with E-state index in [0.717, 1.165) is 56.9 Å². The first-order valence-corrected chi connectivity index (χ1v) is 14.6. The van der Waals surface area contributed by atoms with Crippen LogP contribution in [0.25, 0.3) is 0 Å². The maximum absolute atomic E-state index is 13.0. The van der Waals surface area contributed by atoms with Crippen LogP contribution in [0.15, 0.2) is 42.5 Å². The van der Waals surface area contributed by atoms with Crippen molar-refractivity contribution in [1.82, 2.24) is 15.1 Å². The Balaban J connectivity index is 1.44. The Morgan fingerprint density at radius 3 is 2.79 bits per heavy atom. The summed E-state index contributed by atoms with van der Waals surface area (Å²) in [6, 6.07) is 14.7. The zero-order valence-corrected chi connectivity index (χ0v) is 23.7. The monoisotopic (exact) mass is 521 g/mol. The quantitative estimate of drug-likeness (QED) is 0.556. The van der Waals surface area contributed by atoms with Gasteiger partial charge in [0.15, 0.2) is 0 Å². The van der Waals surface area contributed by atoms with E-state index in [1.54, 1.807) is 0 Å². The molecule has 0 saturated carbocycles. The van der Waals surface area contributed by atoms with Crippen LogP contribution in [0.5, 0.6) is 5.75 Å². The number of fused-ring (bicyclic) bond motifs is 3. The summed E-state index contributed by atoms with van der Waals surface area (Å²) in [6.45, 7) is 12.3. The van der Waals surface area contributed by atoms with E-state index >= 15 is 0 Å². The molecule has 2 heterocycles. The van der Waals surface area contributed by atoms with E-state index in [9.17, 15) is 4.79 Å². The van der Waals surface area contributed by atoms with Crippen molar-refractivity contribution in [3.63, 3.8) is 0 Å². The SMILES string of the molecule is CC(C)CCN1CCOCCOc2ccc(C(=O)NCCC3CCCN(C)C3)cc2Cc2cccc(c2)C1. The van der Waals surface area contributed by atoms with Crippen molar-refractivity contribution in [3.8, 4) is 5.75 Å². The number of piperidine rings is 1. The first kappa shape index (κ1) is 28.6. The maximum Gasteiger partial charge on any atom is 0.251 e. The molecule has 0 radical (unpaired) electrons. The zero-order chi connectivity index (χ0) is 26.7. The van der Waals surface area contributed by atoms with E-state index in [1.807, 2.05) is 18.2 Å². The molecule has 6 nitrogen and oxygen atoms in total. The number of hydrogen-bond acceptors (Lipinski definition) is 5. The molecule has 0 aliphatic carbocycles. The van der Waals surface area contributed by atoms with E-state index in [1.165, 1.54) is 36.9 Å². The van der Waals surface area contributed by atoms with Crippen molar-refractivity contribution >= 4 is 5.91 Å². The Kier molecular flexibility index (Phi) is 11.0. The zero-order valence-electron chi connectivity index (χ0n) is 23.7. The number of likely N-dealkylation sites (tertiary alicyclic amines) is 1. The van der Waals surface area contributed by atoms with Crippen molar-refractivity contribution in [2.24, 2.45) is 11.8 Å². The molecule has 1 unspecified atom stereocenters. The van der Waals surface area contributed by atoms with E-state index in [4.69, 9.17) is 9.47 Å². The summed E-state index contributed by atoms with van der Waals surface area (Å²) in [5.74, 6) is 2.18. The smallest absolute Gasteiger partial charge is 0.251 e. The van der Waals surface area contributed by atoms with Crippen LogP contribution in [0.2, 0.25) is 0 Å². The van der Waals surface area contributed by atoms with Gasteiger partial charge in [-0.25, -0.2) is 0 Å². The summed E-state index contributed by atoms with van der Waals surface area (Å²) in [6.07, 6.45) is 5.45. The van der Waals surface area contributed by atoms with Crippen molar-refractivity contribution in [1.29, 1.82) is 0 Å². The number of hydrogen-bond donors (Lipinski definition) is 1. The maximum atomic E-state index is 13.0. The summed E-state index contributed by atoms with van der Waals surface area (Å²) in [5, 5.41) is 3.16. The fraction of sp³-hybridized carbons (Fsp3) is 0.594. The minimum atomic E-state index is -0.00533. The third kappa shape index (κ3) is 9.11. The first-order valence-electron chi connectivity index (χ1n) is 14.6. The molecule has 2 aliphatic heterocycles. The second-order valence-electron chi connectivity index (χ2n) is 11.6. The summed E-state index contributed by atoms with van der Waals surface area (Å²) in [4.78, 5) is 17.9. The fourth-order valence-corrected chi connectivity index (χ4v) is 5.53. The van der Waals surface area contributed by atoms with E-state index in [2.05, 4.69) is 60.3 Å². The predicted octanol–water partition coefficient (Wildman–Crippen LogP) is 5.00. The lowest BCUT2D eigenvalue weighted by molar-refractivity contribution is 0.0764. The number of nitrogens with zero attached hydrogens (tertiary/aromatic N) is 2. The average molecular weight is 522 g/mol. The summed E-state index contributed by atoms with van der Waals surface area (Å²) >= 11 is 0. The molecule has 208 valence electrons. The van der Waals surface area contributed by atoms with Gasteiger partial charge in [0.25, 0.3) is 5.91 Å². The highest BCUT2D eigenvalue weighted by Crippen LogP contribution is 2.25. The van der Waals surface area contributed by atoms with Gasteiger partial charge in [0.2, 0.25) is 0 Å². The number of benzene rings is 2. The van der Waals surface area contributed by atoms with Gasteiger partial charge in [-0.15, -0.1) is 0 Å². The molecule has 6 heteroatoms. The summed E-state index contributed by atoms with van der Waals surface area (Å²) in [7, 11) is 2.19. The number of carbonyl (C=O) groups excluding carboxylic acids is 1. The van der Waals surface area contributed by atoms with Gasteiger partial charge in [0.1, 0.15) is 12.4 Å². The molecule has 1 atom stereocenters. The number of carbonyl (C=O) groups is 1. The third-order valence-electron chi connectivity index (χ3n) is 7.73. The molecule has 0 aromatic heterocycles. The van der Waals surface area contributed by atoms with Gasteiger partial charge in [0.05, 0.1) is 13.2 Å². The largest absolute Gasteiger partial charge is 0.491 e. The third-order valence-corrected chi connectivity index (χ3v) is 7.73. The Morgan fingerprint density at radius 2 is 1.95 bits per heavy atom. The predicted molar refractivity (Wildman–Crippen MR) is 154 cm³/mol. The van der Waals surface area contributed by atoms with Gasteiger partial charge in [-0.05, 0) is 92.5 Å². The molecular formula is C32H47N3O3. The molecule has 1 N–H and O–H groups in total. The van der Waals surface area contributed by atoms with Gasteiger partial charge < -0.3 is 19.7 Å². The van der Waals surface area contributed by atoms with Gasteiger partial charge in [-0.3, -0.25) is 9.69 Å². The highest BCUT2D eigenvalue weighted by Gasteiger charge is 2.18. The number of rotatable bonds is 7. The van der Waals surface area contributed by atoms with Crippen LogP contribution in [0.1, 0.15) is 66.6 Å². The lowest BCUT2D eigenvalue weighted by Crippen LogP contribution is -2.34. The molecule has 0 spiro atoms. The van der Waals surface area contributed by atoms with Crippen LogP contribution in [0.3, 0.4) is 0 Å². The van der Waals surface area contributed by atoms with E-state index in [-0.39, 0.29) is 5.91 Å². The van der Waals surface area contributed by atoms with Gasteiger partial charge in [-0.2, -0.15) is 0 Å². The van der Waals surface area contributed by atoms with Crippen molar-refractivity contribution in [3.05, 3.63) is 64.7 Å². The summed E-state index contributed by atoms with van der Waals surface area (Å²) < 4.78 is 12.1. The van der Waals surface area contributed by atoms with Gasteiger partial charge >= 0.3 is 0 Å². The molecule has 1 fully saturated rings. The van der Waals surface area contributed by atoms with Crippen molar-refractivity contribution in [2.45, 2.75) is 52.5 Å². The van der Waals surface area contributed by atoms with Crippen LogP contribution in [0.4, 0.5) is 0 Å². The molecule has 2 aliphatic rings. The number of ether oxygens (including phenoxy) is 2. The van der Waals surface area contributed by atoms with Gasteiger partial charge in [0, 0.05) is 38.2 Å². The number of nitrogens with one attached hydrogen (secondary N) is 1. The lowest BCUT2D eigenvalue weighted by atomic mass is 9.95. The minimum absolute atomic E-state index is 0.00533. The molecule has 38 heavy (non-hydrogen) atoms. The normalized spacial score (nSPS) is 19.8. The van der Waals surface area contributed by atoms with Crippen LogP contribution in [-0.2, 0) is 17.7 Å². The second kappa shape index (κ2) is 14.7. The van der Waals surface area contributed by atoms with Crippen molar-refractivity contribution in [2.75, 3.05) is 59.6 Å². The molecule has 2 aromatic rings. The minimum Gasteiger partial charge on any atom is -0.491 e. The molecule has 1 amide bonds. The molecule has 2 aromatic carbocycles. The lowest BCUT2D eigenvalue weighted by Gasteiger charge is -2.29. The Hall–Kier alpha value is -2.41. The van der Waals surface area contributed by atoms with E-state index < -0.39 is 0 Å². The second-order valence-corrected chi connectivity index (χ2v) is 11.6. The molecule has 2 bridgehead atoms. The topological polar surface area (TPSA) is 54.0 Å². The Bertz CT molecular complexity index is 1020. The summed E-state index contributed by atoms with van der Waals surface area (Å²) in [5.41, 5.74) is 4.29. The van der Waals surface area contributed by atoms with Crippen LogP contribution >= 0.6 is 0 Å². The molecule has 4 rings (SSSR count). The number of amides is 1. The van der Waals surface area contributed by atoms with Crippen LogP contribution in [-0.4, -0.2) is 75.3 Å². The fourth-order valence-electron chi connectivity index (χ4n) is 5.53. The Morgan fingerprint density at radius 1 is 1.08 bits per heavy atom. The van der Waals surface area contributed by atoms with Crippen molar-refractivity contribution < 1.29 is 14.3 Å².